The maximum absolute atomic E-state index is 12.7. The summed E-state index contributed by atoms with van der Waals surface area (Å²) in [6, 6.07) is 6.35. The molecule has 0 aromatic carbocycles. The first-order valence-electron chi connectivity index (χ1n) is 9.17. The fourth-order valence-corrected chi connectivity index (χ4v) is 3.27. The van der Waals surface area contributed by atoms with Crippen LogP contribution in [-0.4, -0.2) is 46.9 Å². The highest BCUT2D eigenvalue weighted by Gasteiger charge is 2.24. The molecule has 0 atom stereocenters. The Morgan fingerprint density at radius 1 is 1.32 bits per heavy atom. The van der Waals surface area contributed by atoms with Crippen molar-refractivity contribution in [2.75, 3.05) is 20.1 Å². The molecule has 1 aliphatic carbocycles. The van der Waals surface area contributed by atoms with Gasteiger partial charge in [0.1, 0.15) is 11.6 Å². The molecule has 2 rings (SSSR count). The first kappa shape index (κ1) is 19.0. The van der Waals surface area contributed by atoms with Gasteiger partial charge in [-0.15, -0.1) is 0 Å². The predicted octanol–water partition coefficient (Wildman–Crippen LogP) is 3.14. The zero-order valence-electron chi connectivity index (χ0n) is 15.3. The predicted molar refractivity (Wildman–Crippen MR) is 98.5 cm³/mol. The minimum atomic E-state index is -0.156. The van der Waals surface area contributed by atoms with Crippen LogP contribution in [-0.2, 0) is 11.2 Å². The summed E-state index contributed by atoms with van der Waals surface area (Å²) in [6.07, 6.45) is 11.8. The van der Waals surface area contributed by atoms with Crippen molar-refractivity contribution in [2.45, 2.75) is 51.5 Å². The van der Waals surface area contributed by atoms with E-state index in [1.54, 1.807) is 23.5 Å². The molecule has 0 aliphatic heterocycles. The van der Waals surface area contributed by atoms with Gasteiger partial charge in [0, 0.05) is 44.8 Å². The van der Waals surface area contributed by atoms with Gasteiger partial charge in [-0.1, -0.05) is 19.3 Å². The maximum atomic E-state index is 12.7. The molecule has 134 valence electrons. The molecule has 5 heteroatoms. The summed E-state index contributed by atoms with van der Waals surface area (Å²) in [7, 11) is 1.83. The first-order chi connectivity index (χ1) is 12.2. The van der Waals surface area contributed by atoms with Crippen molar-refractivity contribution in [3.8, 4) is 6.07 Å². The number of hydrogen-bond donors (Lipinski definition) is 0. The van der Waals surface area contributed by atoms with Gasteiger partial charge in [0.15, 0.2) is 0 Å². The van der Waals surface area contributed by atoms with E-state index in [9.17, 15) is 10.1 Å². The van der Waals surface area contributed by atoms with Crippen molar-refractivity contribution in [2.24, 2.45) is 0 Å². The van der Waals surface area contributed by atoms with E-state index in [2.05, 4.69) is 11.1 Å². The molecule has 0 unspecified atom stereocenters. The van der Waals surface area contributed by atoms with Crippen molar-refractivity contribution >= 4 is 5.91 Å². The lowest BCUT2D eigenvalue weighted by atomic mass is 9.94. The highest BCUT2D eigenvalue weighted by molar-refractivity contribution is 5.97. The molecule has 1 heterocycles. The Bertz CT molecular complexity index is 614. The summed E-state index contributed by atoms with van der Waals surface area (Å²) >= 11 is 0. The molecule has 0 bridgehead atoms. The topological polar surface area (TPSA) is 60.2 Å². The summed E-state index contributed by atoms with van der Waals surface area (Å²) in [6.45, 7) is 3.57. The second kappa shape index (κ2) is 9.83. The van der Waals surface area contributed by atoms with Gasteiger partial charge in [-0.3, -0.25) is 9.78 Å². The molecule has 1 aromatic heterocycles. The summed E-state index contributed by atoms with van der Waals surface area (Å²) in [5.41, 5.74) is 1.43. The normalized spacial score (nSPS) is 15.5. The molecule has 0 N–H and O–H groups in total. The van der Waals surface area contributed by atoms with Gasteiger partial charge in [0.2, 0.25) is 0 Å². The van der Waals surface area contributed by atoms with E-state index in [0.29, 0.717) is 0 Å². The molecule has 0 spiro atoms. The third-order valence-corrected chi connectivity index (χ3v) is 4.95. The van der Waals surface area contributed by atoms with Crippen molar-refractivity contribution in [1.29, 1.82) is 5.26 Å². The number of likely N-dealkylation sites (N-methyl/N-ethyl adjacent to an activating group) is 2. The second-order valence-electron chi connectivity index (χ2n) is 6.60. The Morgan fingerprint density at radius 3 is 2.60 bits per heavy atom. The third-order valence-electron chi connectivity index (χ3n) is 4.95. The van der Waals surface area contributed by atoms with E-state index in [4.69, 9.17) is 0 Å². The van der Waals surface area contributed by atoms with E-state index < -0.39 is 0 Å². The lowest BCUT2D eigenvalue weighted by Gasteiger charge is -2.31. The molecule has 1 saturated carbocycles. The van der Waals surface area contributed by atoms with Crippen molar-refractivity contribution in [3.63, 3.8) is 0 Å². The molecule has 0 saturated heterocycles. The quantitative estimate of drug-likeness (QED) is 0.565. The maximum Gasteiger partial charge on any atom is 0.265 e. The summed E-state index contributed by atoms with van der Waals surface area (Å²) in [4.78, 5) is 20.5. The zero-order chi connectivity index (χ0) is 18.1. The van der Waals surface area contributed by atoms with Crippen LogP contribution in [0.2, 0.25) is 0 Å². The molecular weight excluding hydrogens is 312 g/mol. The highest BCUT2D eigenvalue weighted by Crippen LogP contribution is 2.22. The van der Waals surface area contributed by atoms with Crippen LogP contribution >= 0.6 is 0 Å². The second-order valence-corrected chi connectivity index (χ2v) is 6.60. The number of rotatable bonds is 7. The largest absolute Gasteiger partial charge is 0.376 e. The summed E-state index contributed by atoms with van der Waals surface area (Å²) < 4.78 is 0. The first-order valence-corrected chi connectivity index (χ1v) is 9.17. The van der Waals surface area contributed by atoms with Crippen LogP contribution in [0.15, 0.2) is 36.3 Å². The highest BCUT2D eigenvalue weighted by atomic mass is 16.2. The molecular formula is C20H28N4O. The fraction of sp³-hybridized carbons (Fsp3) is 0.550. The Morgan fingerprint density at radius 2 is 2.00 bits per heavy atom. The van der Waals surface area contributed by atoms with Gasteiger partial charge in [-0.2, -0.15) is 5.26 Å². The van der Waals surface area contributed by atoms with Crippen LogP contribution in [0.25, 0.3) is 0 Å². The van der Waals surface area contributed by atoms with Gasteiger partial charge in [-0.05, 0) is 43.9 Å². The Hall–Kier alpha value is -2.35. The van der Waals surface area contributed by atoms with E-state index in [1.165, 1.54) is 24.8 Å². The standard InChI is InChI=1S/C20H28N4O/c1-3-24(14-11-17-9-12-22-13-10-17)16-18(15-21)20(25)23(2)19-7-5-4-6-8-19/h9-10,12-13,16,19H,3-8,11,14H2,1-2H3/b18-16-. The Balaban J connectivity index is 2.00. The van der Waals surface area contributed by atoms with E-state index in [-0.39, 0.29) is 17.5 Å². The SMILES string of the molecule is CCN(/C=C(/C#N)C(=O)N(C)C1CCCCC1)CCc1ccncc1. The average Bonchev–Trinajstić information content (AvgIpc) is 2.68. The molecule has 1 aliphatic rings. The molecule has 5 nitrogen and oxygen atoms in total. The third kappa shape index (κ3) is 5.60. The molecule has 1 aromatic rings. The van der Waals surface area contributed by atoms with Gasteiger partial charge in [-0.25, -0.2) is 0 Å². The number of pyridine rings is 1. The van der Waals surface area contributed by atoms with Gasteiger partial charge in [0.05, 0.1) is 0 Å². The smallest absolute Gasteiger partial charge is 0.265 e. The van der Waals surface area contributed by atoms with Crippen LogP contribution < -0.4 is 0 Å². The van der Waals surface area contributed by atoms with E-state index >= 15 is 0 Å². The number of aromatic nitrogens is 1. The van der Waals surface area contributed by atoms with Crippen LogP contribution in [0.1, 0.15) is 44.6 Å². The zero-order valence-corrected chi connectivity index (χ0v) is 15.3. The number of nitriles is 1. The number of hydrogen-bond acceptors (Lipinski definition) is 4. The summed E-state index contributed by atoms with van der Waals surface area (Å²) in [5.74, 6) is -0.156. The minimum absolute atomic E-state index is 0.156. The molecule has 1 amide bonds. The van der Waals surface area contributed by atoms with E-state index in [0.717, 1.165) is 32.4 Å². The van der Waals surface area contributed by atoms with Gasteiger partial charge in [0.25, 0.3) is 5.91 Å². The lowest BCUT2D eigenvalue weighted by Crippen LogP contribution is -2.39. The monoisotopic (exact) mass is 340 g/mol. The molecule has 0 radical (unpaired) electrons. The van der Waals surface area contributed by atoms with E-state index in [1.807, 2.05) is 31.0 Å². The molecule has 1 fully saturated rings. The van der Waals surface area contributed by atoms with Crippen LogP contribution in [0.3, 0.4) is 0 Å². The fourth-order valence-electron chi connectivity index (χ4n) is 3.27. The average molecular weight is 340 g/mol. The number of amides is 1. The molecule has 25 heavy (non-hydrogen) atoms. The Labute approximate surface area is 151 Å². The van der Waals surface area contributed by atoms with Crippen LogP contribution in [0.5, 0.6) is 0 Å². The number of carbonyl (C=O) groups is 1. The minimum Gasteiger partial charge on any atom is -0.376 e. The lowest BCUT2D eigenvalue weighted by molar-refractivity contribution is -0.128. The Kier molecular flexibility index (Phi) is 7.46. The van der Waals surface area contributed by atoms with Crippen LogP contribution in [0.4, 0.5) is 0 Å². The van der Waals surface area contributed by atoms with Crippen molar-refractivity contribution < 1.29 is 4.79 Å². The number of carbonyl (C=O) groups excluding carboxylic acids is 1. The van der Waals surface area contributed by atoms with Crippen molar-refractivity contribution in [1.82, 2.24) is 14.8 Å². The van der Waals surface area contributed by atoms with Gasteiger partial charge < -0.3 is 9.80 Å². The summed E-state index contributed by atoms with van der Waals surface area (Å²) in [5, 5.41) is 9.47. The van der Waals surface area contributed by atoms with Crippen molar-refractivity contribution in [3.05, 3.63) is 41.9 Å². The number of nitrogens with zero attached hydrogens (tertiary/aromatic N) is 4. The van der Waals surface area contributed by atoms with Crippen LogP contribution in [0, 0.1) is 11.3 Å². The van der Waals surface area contributed by atoms with Gasteiger partial charge >= 0.3 is 0 Å².